The Morgan fingerprint density at radius 2 is 2.00 bits per heavy atom. The zero-order valence-electron chi connectivity index (χ0n) is 12.1. The van der Waals surface area contributed by atoms with E-state index >= 15 is 0 Å². The Hall–Kier alpha value is -1.85. The van der Waals surface area contributed by atoms with Crippen LogP contribution in [0.3, 0.4) is 0 Å². The second-order valence-electron chi connectivity index (χ2n) is 4.35. The highest BCUT2D eigenvalue weighted by Crippen LogP contribution is 2.15. The standard InChI is InChI=1S/C14H21F2N3O/c1-4-9-18-14(17-2)19(3)10-11-5-7-12(8-6-11)20-13(15)16/h5-8,13H,4,9-10H2,1-3H3,(H,17,18). The van der Waals surface area contributed by atoms with Crippen molar-refractivity contribution < 1.29 is 13.5 Å². The maximum Gasteiger partial charge on any atom is 0.387 e. The van der Waals surface area contributed by atoms with Crippen LogP contribution in [0.25, 0.3) is 0 Å². The fourth-order valence-corrected chi connectivity index (χ4v) is 1.75. The molecule has 4 nitrogen and oxygen atoms in total. The summed E-state index contributed by atoms with van der Waals surface area (Å²) in [6.45, 7) is 0.791. The first-order valence-corrected chi connectivity index (χ1v) is 6.52. The van der Waals surface area contributed by atoms with Crippen LogP contribution >= 0.6 is 0 Å². The lowest BCUT2D eigenvalue weighted by Gasteiger charge is -2.22. The van der Waals surface area contributed by atoms with E-state index < -0.39 is 6.61 Å². The van der Waals surface area contributed by atoms with Gasteiger partial charge in [-0.25, -0.2) is 0 Å². The molecule has 0 aliphatic carbocycles. The number of alkyl halides is 2. The van der Waals surface area contributed by atoms with E-state index in [4.69, 9.17) is 0 Å². The van der Waals surface area contributed by atoms with Crippen LogP contribution in [0.1, 0.15) is 18.9 Å². The van der Waals surface area contributed by atoms with Gasteiger partial charge in [0.05, 0.1) is 0 Å². The molecule has 0 saturated carbocycles. The Morgan fingerprint density at radius 3 is 2.50 bits per heavy atom. The molecule has 0 atom stereocenters. The first kappa shape index (κ1) is 16.2. The largest absolute Gasteiger partial charge is 0.435 e. The molecule has 0 amide bonds. The van der Waals surface area contributed by atoms with Gasteiger partial charge in [-0.1, -0.05) is 19.1 Å². The lowest BCUT2D eigenvalue weighted by Crippen LogP contribution is -2.38. The molecule has 0 fully saturated rings. The Morgan fingerprint density at radius 1 is 1.35 bits per heavy atom. The number of rotatable bonds is 6. The quantitative estimate of drug-likeness (QED) is 0.645. The second kappa shape index (κ2) is 8.35. The summed E-state index contributed by atoms with van der Waals surface area (Å²) in [6.07, 6.45) is 1.02. The molecule has 6 heteroatoms. The molecule has 20 heavy (non-hydrogen) atoms. The maximum absolute atomic E-state index is 12.0. The molecule has 1 aromatic carbocycles. The fourth-order valence-electron chi connectivity index (χ4n) is 1.75. The zero-order chi connectivity index (χ0) is 15.0. The van der Waals surface area contributed by atoms with Gasteiger partial charge in [0.15, 0.2) is 5.96 Å². The lowest BCUT2D eigenvalue weighted by molar-refractivity contribution is -0.0498. The number of nitrogens with one attached hydrogen (secondary N) is 1. The summed E-state index contributed by atoms with van der Waals surface area (Å²) < 4.78 is 28.4. The highest BCUT2D eigenvalue weighted by Gasteiger charge is 2.07. The number of ether oxygens (including phenoxy) is 1. The summed E-state index contributed by atoms with van der Waals surface area (Å²) in [5.41, 5.74) is 0.994. The van der Waals surface area contributed by atoms with Crippen LogP contribution in [0.5, 0.6) is 5.75 Å². The number of aliphatic imine (C=N–C) groups is 1. The summed E-state index contributed by atoms with van der Waals surface area (Å²) in [4.78, 5) is 6.16. The minimum absolute atomic E-state index is 0.167. The predicted molar refractivity (Wildman–Crippen MR) is 76.2 cm³/mol. The Balaban J connectivity index is 2.58. The summed E-state index contributed by atoms with van der Waals surface area (Å²) in [5, 5.41) is 3.23. The molecular formula is C14H21F2N3O. The number of hydrogen-bond acceptors (Lipinski definition) is 2. The monoisotopic (exact) mass is 285 g/mol. The minimum Gasteiger partial charge on any atom is -0.435 e. The molecule has 1 aromatic rings. The third kappa shape index (κ3) is 5.42. The van der Waals surface area contributed by atoms with E-state index in [1.807, 2.05) is 11.9 Å². The van der Waals surface area contributed by atoms with Crippen molar-refractivity contribution in [1.82, 2.24) is 10.2 Å². The van der Waals surface area contributed by atoms with E-state index in [1.54, 1.807) is 19.2 Å². The molecule has 0 saturated heterocycles. The van der Waals surface area contributed by atoms with Crippen LogP contribution in [0.15, 0.2) is 29.3 Å². The fraction of sp³-hybridized carbons (Fsp3) is 0.500. The number of guanidine groups is 1. The van der Waals surface area contributed by atoms with Crippen LogP contribution in [-0.2, 0) is 6.54 Å². The maximum atomic E-state index is 12.0. The average molecular weight is 285 g/mol. The van der Waals surface area contributed by atoms with Gasteiger partial charge in [0.1, 0.15) is 5.75 Å². The van der Waals surface area contributed by atoms with Gasteiger partial charge in [-0.2, -0.15) is 8.78 Å². The smallest absolute Gasteiger partial charge is 0.387 e. The van der Waals surface area contributed by atoms with Gasteiger partial charge in [0.2, 0.25) is 0 Å². The topological polar surface area (TPSA) is 36.9 Å². The van der Waals surface area contributed by atoms with Crippen molar-refractivity contribution in [3.05, 3.63) is 29.8 Å². The Kier molecular flexibility index (Phi) is 6.76. The molecule has 1 N–H and O–H groups in total. The van der Waals surface area contributed by atoms with Crippen LogP contribution in [0.4, 0.5) is 8.78 Å². The van der Waals surface area contributed by atoms with E-state index in [-0.39, 0.29) is 5.75 Å². The lowest BCUT2D eigenvalue weighted by atomic mass is 10.2. The van der Waals surface area contributed by atoms with Crippen LogP contribution in [0, 0.1) is 0 Å². The van der Waals surface area contributed by atoms with Gasteiger partial charge in [-0.05, 0) is 24.1 Å². The van der Waals surface area contributed by atoms with Gasteiger partial charge < -0.3 is 15.0 Å². The molecule has 0 aliphatic heterocycles. The Bertz CT molecular complexity index is 421. The highest BCUT2D eigenvalue weighted by atomic mass is 19.3. The summed E-state index contributed by atoms with van der Waals surface area (Å²) in [7, 11) is 3.66. The van der Waals surface area contributed by atoms with Crippen molar-refractivity contribution in [2.24, 2.45) is 4.99 Å². The van der Waals surface area contributed by atoms with Gasteiger partial charge in [-0.15, -0.1) is 0 Å². The van der Waals surface area contributed by atoms with Crippen molar-refractivity contribution in [1.29, 1.82) is 0 Å². The molecule has 0 unspecified atom stereocenters. The van der Waals surface area contributed by atoms with E-state index in [9.17, 15) is 8.78 Å². The average Bonchev–Trinajstić information content (AvgIpc) is 2.41. The summed E-state index contributed by atoms with van der Waals surface area (Å²) in [5.74, 6) is 0.972. The normalized spacial score (nSPS) is 11.6. The number of benzene rings is 1. The minimum atomic E-state index is -2.79. The second-order valence-corrected chi connectivity index (χ2v) is 4.35. The van der Waals surface area contributed by atoms with Crippen LogP contribution < -0.4 is 10.1 Å². The molecule has 0 heterocycles. The molecule has 0 radical (unpaired) electrons. The van der Waals surface area contributed by atoms with Gasteiger partial charge in [-0.3, -0.25) is 4.99 Å². The molecule has 0 spiro atoms. The highest BCUT2D eigenvalue weighted by molar-refractivity contribution is 5.79. The van der Waals surface area contributed by atoms with Crippen molar-refractivity contribution in [3.63, 3.8) is 0 Å². The van der Waals surface area contributed by atoms with E-state index in [0.717, 1.165) is 24.5 Å². The summed E-state index contributed by atoms with van der Waals surface area (Å²) >= 11 is 0. The summed E-state index contributed by atoms with van der Waals surface area (Å²) in [6, 6.07) is 6.61. The van der Waals surface area contributed by atoms with Crippen molar-refractivity contribution >= 4 is 5.96 Å². The first-order valence-electron chi connectivity index (χ1n) is 6.52. The third-order valence-electron chi connectivity index (χ3n) is 2.67. The zero-order valence-corrected chi connectivity index (χ0v) is 12.1. The molecule has 0 aliphatic rings. The van der Waals surface area contributed by atoms with E-state index in [2.05, 4.69) is 22.0 Å². The van der Waals surface area contributed by atoms with Gasteiger partial charge in [0, 0.05) is 27.2 Å². The molecule has 1 rings (SSSR count). The van der Waals surface area contributed by atoms with Gasteiger partial charge in [0.25, 0.3) is 0 Å². The first-order chi connectivity index (χ1) is 9.56. The number of halogens is 2. The molecule has 0 aromatic heterocycles. The van der Waals surface area contributed by atoms with Crippen LogP contribution in [0.2, 0.25) is 0 Å². The number of nitrogens with zero attached hydrogens (tertiary/aromatic N) is 2. The van der Waals surface area contributed by atoms with Crippen LogP contribution in [-0.4, -0.2) is 38.1 Å². The van der Waals surface area contributed by atoms with Gasteiger partial charge >= 0.3 is 6.61 Å². The Labute approximate surface area is 118 Å². The SMILES string of the molecule is CCCNC(=NC)N(C)Cc1ccc(OC(F)F)cc1. The van der Waals surface area contributed by atoms with Crippen molar-refractivity contribution in [2.45, 2.75) is 26.5 Å². The van der Waals surface area contributed by atoms with Crippen molar-refractivity contribution in [2.75, 3.05) is 20.6 Å². The van der Waals surface area contributed by atoms with E-state index in [0.29, 0.717) is 6.54 Å². The predicted octanol–water partition coefficient (Wildman–Crippen LogP) is 2.71. The number of hydrogen-bond donors (Lipinski definition) is 1. The molecule has 0 bridgehead atoms. The van der Waals surface area contributed by atoms with Crippen molar-refractivity contribution in [3.8, 4) is 5.75 Å². The third-order valence-corrected chi connectivity index (χ3v) is 2.67. The molecular weight excluding hydrogens is 264 g/mol. The van der Waals surface area contributed by atoms with E-state index in [1.165, 1.54) is 12.1 Å². The molecule has 112 valence electrons.